The molecule has 2 fully saturated rings. The second kappa shape index (κ2) is 5.22. The Labute approximate surface area is 103 Å². The highest BCUT2D eigenvalue weighted by atomic mass is 32.2. The van der Waals surface area contributed by atoms with E-state index in [0.717, 1.165) is 25.7 Å². The molecule has 17 heavy (non-hydrogen) atoms. The van der Waals surface area contributed by atoms with Crippen LogP contribution >= 0.6 is 0 Å². The lowest BCUT2D eigenvalue weighted by molar-refractivity contribution is 0.160. The number of sulfonamides is 1. The molecule has 2 saturated heterocycles. The predicted molar refractivity (Wildman–Crippen MR) is 66.1 cm³/mol. The zero-order valence-electron chi connectivity index (χ0n) is 10.3. The van der Waals surface area contributed by atoms with Crippen LogP contribution in [0.3, 0.4) is 0 Å². The van der Waals surface area contributed by atoms with E-state index < -0.39 is 10.0 Å². The summed E-state index contributed by atoms with van der Waals surface area (Å²) in [4.78, 5) is 0. The van der Waals surface area contributed by atoms with Gasteiger partial charge in [-0.3, -0.25) is 0 Å². The molecule has 2 aliphatic rings. The molecule has 100 valence electrons. The topological polar surface area (TPSA) is 72.6 Å². The first kappa shape index (κ1) is 13.3. The second-order valence-corrected chi connectivity index (χ2v) is 6.95. The van der Waals surface area contributed by atoms with E-state index in [0.29, 0.717) is 13.2 Å². The first-order valence-electron chi connectivity index (χ1n) is 6.39. The Morgan fingerprint density at radius 2 is 1.88 bits per heavy atom. The molecule has 0 spiro atoms. The number of ether oxygens (including phenoxy) is 1. The molecule has 2 unspecified atom stereocenters. The first-order chi connectivity index (χ1) is 8.04. The van der Waals surface area contributed by atoms with E-state index in [1.165, 1.54) is 0 Å². The minimum atomic E-state index is -3.16. The highest BCUT2D eigenvalue weighted by Gasteiger charge is 2.45. The zero-order valence-corrected chi connectivity index (χ0v) is 11.2. The summed E-state index contributed by atoms with van der Waals surface area (Å²) in [6, 6.07) is 0.441. The first-order valence-corrected chi connectivity index (χ1v) is 8.00. The van der Waals surface area contributed by atoms with Crippen LogP contribution in [0.25, 0.3) is 0 Å². The summed E-state index contributed by atoms with van der Waals surface area (Å²) in [5.41, 5.74) is 5.94. The van der Waals surface area contributed by atoms with Crippen molar-refractivity contribution in [1.82, 2.24) is 4.31 Å². The average molecular weight is 262 g/mol. The molecule has 2 rings (SSSR count). The molecule has 0 saturated carbocycles. The summed E-state index contributed by atoms with van der Waals surface area (Å²) in [7, 11) is -3.16. The summed E-state index contributed by atoms with van der Waals surface area (Å²) in [6.45, 7) is 2.73. The zero-order chi connectivity index (χ0) is 12.5. The maximum atomic E-state index is 12.2. The number of nitrogens with two attached hydrogens (primary N) is 1. The van der Waals surface area contributed by atoms with E-state index in [1.54, 1.807) is 4.31 Å². The molecular weight excluding hydrogens is 240 g/mol. The van der Waals surface area contributed by atoms with Gasteiger partial charge in [0.05, 0.1) is 12.4 Å². The third-order valence-corrected chi connectivity index (χ3v) is 5.63. The van der Waals surface area contributed by atoms with Crippen molar-refractivity contribution in [2.24, 2.45) is 5.73 Å². The van der Waals surface area contributed by atoms with E-state index in [-0.39, 0.29) is 23.9 Å². The van der Waals surface area contributed by atoms with Crippen molar-refractivity contribution in [1.29, 1.82) is 0 Å². The Bertz CT molecular complexity index is 344. The van der Waals surface area contributed by atoms with Gasteiger partial charge in [0.1, 0.15) is 0 Å². The van der Waals surface area contributed by atoms with E-state index in [9.17, 15) is 8.42 Å². The molecule has 0 radical (unpaired) electrons. The van der Waals surface area contributed by atoms with Gasteiger partial charge < -0.3 is 10.5 Å². The molecule has 2 heterocycles. The molecule has 0 aliphatic carbocycles. The Balaban J connectivity index is 2.02. The lowest BCUT2D eigenvalue weighted by Crippen LogP contribution is -2.51. The Morgan fingerprint density at radius 3 is 2.41 bits per heavy atom. The van der Waals surface area contributed by atoms with E-state index in [4.69, 9.17) is 10.5 Å². The SMILES string of the molecule is CCOCCS(=O)(=O)N1C2CCC1CC(N)C2. The van der Waals surface area contributed by atoms with E-state index in [1.807, 2.05) is 6.92 Å². The fourth-order valence-corrected chi connectivity index (χ4v) is 4.88. The molecule has 2 aliphatic heterocycles. The predicted octanol–water partition coefficient (Wildman–Crippen LogP) is 0.307. The molecular formula is C11H22N2O3S. The van der Waals surface area contributed by atoms with Gasteiger partial charge >= 0.3 is 0 Å². The van der Waals surface area contributed by atoms with Gasteiger partial charge in [0.2, 0.25) is 10.0 Å². The van der Waals surface area contributed by atoms with Crippen LogP contribution in [0.5, 0.6) is 0 Å². The van der Waals surface area contributed by atoms with Gasteiger partial charge in [-0.1, -0.05) is 0 Å². The van der Waals surface area contributed by atoms with Gasteiger partial charge in [-0.15, -0.1) is 0 Å². The van der Waals surface area contributed by atoms with Crippen molar-refractivity contribution in [3.05, 3.63) is 0 Å². The second-order valence-electron chi connectivity index (χ2n) is 4.96. The van der Waals surface area contributed by atoms with Gasteiger partial charge in [-0.05, 0) is 32.6 Å². The molecule has 0 aromatic rings. The smallest absolute Gasteiger partial charge is 0.216 e. The lowest BCUT2D eigenvalue weighted by Gasteiger charge is -2.36. The Kier molecular flexibility index (Phi) is 4.07. The fourth-order valence-electron chi connectivity index (χ4n) is 3.04. The molecule has 2 atom stereocenters. The van der Waals surface area contributed by atoms with Gasteiger partial charge in [-0.2, -0.15) is 4.31 Å². The molecule has 6 heteroatoms. The van der Waals surface area contributed by atoms with Crippen molar-refractivity contribution in [2.75, 3.05) is 19.0 Å². The Morgan fingerprint density at radius 1 is 1.29 bits per heavy atom. The molecule has 5 nitrogen and oxygen atoms in total. The maximum Gasteiger partial charge on any atom is 0.216 e. The summed E-state index contributed by atoms with van der Waals surface area (Å²) < 4.78 is 31.3. The minimum absolute atomic E-state index is 0.100. The van der Waals surface area contributed by atoms with Crippen LogP contribution in [-0.2, 0) is 14.8 Å². The van der Waals surface area contributed by atoms with E-state index in [2.05, 4.69) is 0 Å². The van der Waals surface area contributed by atoms with Gasteiger partial charge in [0, 0.05) is 24.7 Å². The third kappa shape index (κ3) is 2.81. The quantitative estimate of drug-likeness (QED) is 0.724. The summed E-state index contributed by atoms with van der Waals surface area (Å²) in [5, 5.41) is 0. The highest BCUT2D eigenvalue weighted by molar-refractivity contribution is 7.89. The van der Waals surface area contributed by atoms with Crippen LogP contribution in [0.4, 0.5) is 0 Å². The summed E-state index contributed by atoms with van der Waals surface area (Å²) >= 11 is 0. The Hall–Kier alpha value is -0.170. The molecule has 2 bridgehead atoms. The van der Waals surface area contributed by atoms with Crippen molar-refractivity contribution in [2.45, 2.75) is 50.7 Å². The van der Waals surface area contributed by atoms with Crippen LogP contribution in [0, 0.1) is 0 Å². The lowest BCUT2D eigenvalue weighted by atomic mass is 10.0. The molecule has 0 aromatic heterocycles. The number of fused-ring (bicyclic) bond motifs is 2. The number of hydrogen-bond acceptors (Lipinski definition) is 4. The van der Waals surface area contributed by atoms with Crippen molar-refractivity contribution in [3.8, 4) is 0 Å². The fraction of sp³-hybridized carbons (Fsp3) is 1.00. The largest absolute Gasteiger partial charge is 0.381 e. The van der Waals surface area contributed by atoms with Gasteiger partial charge in [0.25, 0.3) is 0 Å². The van der Waals surface area contributed by atoms with Crippen LogP contribution in [-0.4, -0.2) is 49.8 Å². The van der Waals surface area contributed by atoms with E-state index >= 15 is 0 Å². The summed E-state index contributed by atoms with van der Waals surface area (Å²) in [5.74, 6) is 0.100. The molecule has 0 aromatic carbocycles. The van der Waals surface area contributed by atoms with Crippen molar-refractivity contribution in [3.63, 3.8) is 0 Å². The van der Waals surface area contributed by atoms with Crippen molar-refractivity contribution < 1.29 is 13.2 Å². The van der Waals surface area contributed by atoms with Crippen LogP contribution in [0.1, 0.15) is 32.6 Å². The molecule has 2 N–H and O–H groups in total. The highest BCUT2D eigenvalue weighted by Crippen LogP contribution is 2.37. The van der Waals surface area contributed by atoms with Crippen molar-refractivity contribution >= 4 is 10.0 Å². The normalized spacial score (nSPS) is 34.1. The molecule has 0 amide bonds. The van der Waals surface area contributed by atoms with Crippen LogP contribution < -0.4 is 5.73 Å². The number of hydrogen-bond donors (Lipinski definition) is 1. The standard InChI is InChI=1S/C11H22N2O3S/c1-2-16-5-6-17(14,15)13-10-3-4-11(13)8-9(12)7-10/h9-11H,2-8,12H2,1H3. The minimum Gasteiger partial charge on any atom is -0.381 e. The number of piperidine rings is 1. The number of nitrogens with zero attached hydrogens (tertiary/aromatic N) is 1. The third-order valence-electron chi connectivity index (χ3n) is 3.71. The van der Waals surface area contributed by atoms with Gasteiger partial charge in [0.15, 0.2) is 0 Å². The average Bonchev–Trinajstić information content (AvgIpc) is 2.53. The monoisotopic (exact) mass is 262 g/mol. The van der Waals surface area contributed by atoms with Crippen LogP contribution in [0.15, 0.2) is 0 Å². The number of rotatable bonds is 5. The van der Waals surface area contributed by atoms with Crippen LogP contribution in [0.2, 0.25) is 0 Å². The maximum absolute atomic E-state index is 12.2. The van der Waals surface area contributed by atoms with Gasteiger partial charge in [-0.25, -0.2) is 8.42 Å². The summed E-state index contributed by atoms with van der Waals surface area (Å²) in [6.07, 6.45) is 3.55.